The van der Waals surface area contributed by atoms with E-state index in [4.69, 9.17) is 16.9 Å². The number of benzene rings is 1. The van der Waals surface area contributed by atoms with E-state index in [0.29, 0.717) is 34.1 Å². The van der Waals surface area contributed by atoms with Crippen LogP contribution in [0.4, 0.5) is 23.3 Å². The third-order valence-corrected chi connectivity index (χ3v) is 4.15. The molecule has 2 aromatic heterocycles. The van der Waals surface area contributed by atoms with E-state index < -0.39 is 0 Å². The van der Waals surface area contributed by atoms with Gasteiger partial charge in [-0.15, -0.1) is 0 Å². The van der Waals surface area contributed by atoms with Crippen molar-refractivity contribution >= 4 is 34.9 Å². The Balaban J connectivity index is 1.51. The fourth-order valence-corrected chi connectivity index (χ4v) is 2.54. The molecule has 8 heteroatoms. The van der Waals surface area contributed by atoms with Gasteiger partial charge in [0.25, 0.3) is 0 Å². The van der Waals surface area contributed by atoms with Crippen molar-refractivity contribution in [1.29, 1.82) is 5.26 Å². The number of H-pyrrole nitrogens is 1. The lowest BCUT2D eigenvalue weighted by Gasteiger charge is -2.08. The Bertz CT molecular complexity index is 938. The fraction of sp³-hybridized carbons (Fsp3) is 0.176. The van der Waals surface area contributed by atoms with Crippen molar-refractivity contribution in [3.05, 3.63) is 52.8 Å². The molecule has 25 heavy (non-hydrogen) atoms. The quantitative estimate of drug-likeness (QED) is 0.639. The second-order valence-corrected chi connectivity index (χ2v) is 6.22. The number of nitriles is 1. The second kappa shape index (κ2) is 6.42. The van der Waals surface area contributed by atoms with Crippen LogP contribution in [0.1, 0.15) is 30.0 Å². The molecule has 124 valence electrons. The molecule has 1 aromatic carbocycles. The van der Waals surface area contributed by atoms with Crippen LogP contribution in [0.2, 0.25) is 5.02 Å². The standard InChI is InChI=1S/C17H14ClN7/c18-13-9-20-17(21-12-5-1-10(8-19)2-6-12)23-16(13)22-15-7-14(24-25-15)11-3-4-11/h1-2,5-7,9,11H,3-4H2,(H3,20,21,22,23,24,25). The van der Waals surface area contributed by atoms with E-state index in [2.05, 4.69) is 36.9 Å². The van der Waals surface area contributed by atoms with Gasteiger partial charge in [-0.05, 0) is 37.1 Å². The predicted octanol–water partition coefficient (Wildman–Crippen LogP) is 4.09. The Morgan fingerprint density at radius 2 is 2.00 bits per heavy atom. The molecule has 0 atom stereocenters. The van der Waals surface area contributed by atoms with E-state index in [-0.39, 0.29) is 0 Å². The van der Waals surface area contributed by atoms with E-state index in [0.717, 1.165) is 11.4 Å². The summed E-state index contributed by atoms with van der Waals surface area (Å²) in [6.45, 7) is 0. The molecule has 1 fully saturated rings. The number of aromatic nitrogens is 4. The highest BCUT2D eigenvalue weighted by Crippen LogP contribution is 2.39. The minimum absolute atomic E-state index is 0.398. The van der Waals surface area contributed by atoms with Crippen molar-refractivity contribution in [2.45, 2.75) is 18.8 Å². The van der Waals surface area contributed by atoms with Gasteiger partial charge in [-0.3, -0.25) is 5.10 Å². The highest BCUT2D eigenvalue weighted by atomic mass is 35.5. The van der Waals surface area contributed by atoms with Crippen LogP contribution in [0.5, 0.6) is 0 Å². The first-order valence-electron chi connectivity index (χ1n) is 7.83. The van der Waals surface area contributed by atoms with E-state index in [1.165, 1.54) is 19.0 Å². The normalized spacial score (nSPS) is 13.3. The Morgan fingerprint density at radius 3 is 2.72 bits per heavy atom. The lowest BCUT2D eigenvalue weighted by molar-refractivity contribution is 0.966. The zero-order valence-electron chi connectivity index (χ0n) is 13.1. The van der Waals surface area contributed by atoms with Gasteiger partial charge in [0.1, 0.15) is 5.02 Å². The van der Waals surface area contributed by atoms with Crippen LogP contribution in [-0.2, 0) is 0 Å². The van der Waals surface area contributed by atoms with Crippen LogP contribution in [-0.4, -0.2) is 20.2 Å². The lowest BCUT2D eigenvalue weighted by atomic mass is 10.2. The third kappa shape index (κ3) is 3.54. The number of nitrogens with one attached hydrogen (secondary N) is 3. The number of hydrogen-bond acceptors (Lipinski definition) is 6. The van der Waals surface area contributed by atoms with Crippen molar-refractivity contribution < 1.29 is 0 Å². The van der Waals surface area contributed by atoms with E-state index in [1.54, 1.807) is 24.3 Å². The van der Waals surface area contributed by atoms with Gasteiger partial charge in [0, 0.05) is 23.4 Å². The first-order chi connectivity index (χ1) is 12.2. The van der Waals surface area contributed by atoms with Crippen molar-refractivity contribution in [3.8, 4) is 6.07 Å². The SMILES string of the molecule is N#Cc1ccc(Nc2ncc(Cl)c(Nc3cc(C4CC4)[nH]n3)n2)cc1. The van der Waals surface area contributed by atoms with E-state index in [1.807, 2.05) is 6.07 Å². The second-order valence-electron chi connectivity index (χ2n) is 5.81. The van der Waals surface area contributed by atoms with Crippen LogP contribution in [0.3, 0.4) is 0 Å². The molecule has 1 aliphatic carbocycles. The van der Waals surface area contributed by atoms with Gasteiger partial charge in [0.2, 0.25) is 5.95 Å². The predicted molar refractivity (Wildman–Crippen MR) is 95.3 cm³/mol. The Hall–Kier alpha value is -3.11. The van der Waals surface area contributed by atoms with Gasteiger partial charge < -0.3 is 10.6 Å². The fourth-order valence-electron chi connectivity index (χ4n) is 2.40. The number of rotatable bonds is 5. The summed E-state index contributed by atoms with van der Waals surface area (Å²) >= 11 is 6.18. The summed E-state index contributed by atoms with van der Waals surface area (Å²) in [5.74, 6) is 2.14. The van der Waals surface area contributed by atoms with Crippen molar-refractivity contribution in [1.82, 2.24) is 20.2 Å². The molecular formula is C17H14ClN7. The van der Waals surface area contributed by atoms with Gasteiger partial charge in [-0.25, -0.2) is 4.98 Å². The van der Waals surface area contributed by atoms with Gasteiger partial charge in [-0.2, -0.15) is 15.3 Å². The van der Waals surface area contributed by atoms with E-state index >= 15 is 0 Å². The summed E-state index contributed by atoms with van der Waals surface area (Å²) in [5, 5.41) is 22.7. The Labute approximate surface area is 149 Å². The zero-order valence-corrected chi connectivity index (χ0v) is 13.9. The van der Waals surface area contributed by atoms with Crippen LogP contribution >= 0.6 is 11.6 Å². The molecule has 0 amide bonds. The number of anilines is 4. The molecule has 7 nitrogen and oxygen atoms in total. The molecule has 3 N–H and O–H groups in total. The molecule has 0 spiro atoms. The average Bonchev–Trinajstić information content (AvgIpc) is 3.38. The highest BCUT2D eigenvalue weighted by molar-refractivity contribution is 6.32. The average molecular weight is 352 g/mol. The number of halogens is 1. The van der Waals surface area contributed by atoms with Crippen LogP contribution in [0.25, 0.3) is 0 Å². The molecule has 0 saturated heterocycles. The van der Waals surface area contributed by atoms with Crippen LogP contribution < -0.4 is 10.6 Å². The molecule has 4 rings (SSSR count). The summed E-state index contributed by atoms with van der Waals surface area (Å²) in [5.41, 5.74) is 2.50. The molecule has 2 heterocycles. The molecule has 0 bridgehead atoms. The molecular weight excluding hydrogens is 338 g/mol. The zero-order chi connectivity index (χ0) is 17.2. The van der Waals surface area contributed by atoms with Crippen LogP contribution in [0, 0.1) is 11.3 Å². The molecule has 3 aromatic rings. The van der Waals surface area contributed by atoms with Crippen molar-refractivity contribution in [2.75, 3.05) is 10.6 Å². The summed E-state index contributed by atoms with van der Waals surface area (Å²) < 4.78 is 0. The molecule has 1 saturated carbocycles. The minimum atomic E-state index is 0.398. The maximum Gasteiger partial charge on any atom is 0.229 e. The minimum Gasteiger partial charge on any atom is -0.324 e. The third-order valence-electron chi connectivity index (χ3n) is 3.88. The highest BCUT2D eigenvalue weighted by Gasteiger charge is 2.25. The first-order valence-corrected chi connectivity index (χ1v) is 8.21. The number of nitrogens with zero attached hydrogens (tertiary/aromatic N) is 4. The monoisotopic (exact) mass is 351 g/mol. The summed E-state index contributed by atoms with van der Waals surface area (Å²) in [4.78, 5) is 8.57. The van der Waals surface area contributed by atoms with Crippen molar-refractivity contribution in [3.63, 3.8) is 0 Å². The molecule has 0 radical (unpaired) electrons. The van der Waals surface area contributed by atoms with E-state index in [9.17, 15) is 0 Å². The molecule has 0 aliphatic heterocycles. The summed E-state index contributed by atoms with van der Waals surface area (Å²) in [6.07, 6.45) is 3.93. The Morgan fingerprint density at radius 1 is 1.20 bits per heavy atom. The summed E-state index contributed by atoms with van der Waals surface area (Å²) in [6, 6.07) is 11.1. The lowest BCUT2D eigenvalue weighted by Crippen LogP contribution is -2.01. The van der Waals surface area contributed by atoms with Gasteiger partial charge in [-0.1, -0.05) is 11.6 Å². The molecule has 1 aliphatic rings. The first kappa shape index (κ1) is 15.4. The maximum atomic E-state index is 8.84. The van der Waals surface area contributed by atoms with Gasteiger partial charge in [0.15, 0.2) is 11.6 Å². The number of hydrogen-bond donors (Lipinski definition) is 3. The summed E-state index contributed by atoms with van der Waals surface area (Å²) in [7, 11) is 0. The largest absolute Gasteiger partial charge is 0.324 e. The maximum absolute atomic E-state index is 8.84. The smallest absolute Gasteiger partial charge is 0.229 e. The van der Waals surface area contributed by atoms with Crippen LogP contribution in [0.15, 0.2) is 36.5 Å². The van der Waals surface area contributed by atoms with Gasteiger partial charge >= 0.3 is 0 Å². The van der Waals surface area contributed by atoms with Crippen molar-refractivity contribution in [2.24, 2.45) is 0 Å². The molecule has 0 unspecified atom stereocenters. The number of aromatic amines is 1. The topological polar surface area (TPSA) is 102 Å². The Kier molecular flexibility index (Phi) is 3.96. The van der Waals surface area contributed by atoms with Gasteiger partial charge in [0.05, 0.1) is 17.8 Å².